The van der Waals surface area contributed by atoms with E-state index >= 15 is 0 Å². The molecule has 39 heavy (non-hydrogen) atoms. The van der Waals surface area contributed by atoms with Crippen molar-refractivity contribution in [2.45, 2.75) is 57.9 Å². The van der Waals surface area contributed by atoms with Crippen LogP contribution in [0.5, 0.6) is 0 Å². The summed E-state index contributed by atoms with van der Waals surface area (Å²) >= 11 is 0. The Kier molecular flexibility index (Phi) is 10.7. The number of aryl methyl sites for hydroxylation is 2. The molecular weight excluding hydrogens is 510 g/mol. The van der Waals surface area contributed by atoms with Gasteiger partial charge in [-0.1, -0.05) is 79.1 Å². The number of sulfonamides is 1. The second-order valence-corrected chi connectivity index (χ2v) is 11.7. The number of hydrogen-bond acceptors (Lipinski definition) is 4. The van der Waals surface area contributed by atoms with Gasteiger partial charge in [-0.05, 0) is 63.4 Å². The molecule has 1 atom stereocenters. The van der Waals surface area contributed by atoms with Crippen LogP contribution in [0.1, 0.15) is 43.4 Å². The lowest BCUT2D eigenvalue weighted by Crippen LogP contribution is -2.52. The van der Waals surface area contributed by atoms with Crippen LogP contribution in [0.15, 0.2) is 83.8 Å². The first-order chi connectivity index (χ1) is 18.6. The minimum Gasteiger partial charge on any atom is -0.354 e. The van der Waals surface area contributed by atoms with Gasteiger partial charge in [0.2, 0.25) is 11.8 Å². The lowest BCUT2D eigenvalue weighted by Gasteiger charge is -2.32. The SMILES string of the molecule is CCCCNC(=O)[C@@H](C)N(CCc1ccccc1)C(=O)CN(c1ccc(C)cc1)S(=O)(=O)c1ccc(C)cc1. The fourth-order valence-electron chi connectivity index (χ4n) is 4.18. The van der Waals surface area contributed by atoms with Gasteiger partial charge in [0.05, 0.1) is 10.6 Å². The van der Waals surface area contributed by atoms with Crippen molar-refractivity contribution in [3.63, 3.8) is 0 Å². The van der Waals surface area contributed by atoms with Crippen molar-refractivity contribution < 1.29 is 18.0 Å². The highest BCUT2D eigenvalue weighted by Gasteiger charge is 2.32. The fraction of sp³-hybridized carbons (Fsp3) is 0.355. The number of nitrogens with one attached hydrogen (secondary N) is 1. The highest BCUT2D eigenvalue weighted by atomic mass is 32.2. The van der Waals surface area contributed by atoms with Gasteiger partial charge in [-0.15, -0.1) is 0 Å². The van der Waals surface area contributed by atoms with E-state index in [4.69, 9.17) is 0 Å². The van der Waals surface area contributed by atoms with Crippen LogP contribution < -0.4 is 9.62 Å². The Balaban J connectivity index is 1.94. The zero-order valence-electron chi connectivity index (χ0n) is 23.3. The third-order valence-electron chi connectivity index (χ3n) is 6.69. The molecule has 2 amide bonds. The Hall–Kier alpha value is -3.65. The summed E-state index contributed by atoms with van der Waals surface area (Å²) in [4.78, 5) is 28.4. The quantitative estimate of drug-likeness (QED) is 0.308. The van der Waals surface area contributed by atoms with Gasteiger partial charge in [-0.25, -0.2) is 8.42 Å². The van der Waals surface area contributed by atoms with Crippen LogP contribution in [0, 0.1) is 13.8 Å². The highest BCUT2D eigenvalue weighted by molar-refractivity contribution is 7.92. The summed E-state index contributed by atoms with van der Waals surface area (Å²) in [6, 6.07) is 22.5. The van der Waals surface area contributed by atoms with Crippen molar-refractivity contribution in [1.29, 1.82) is 0 Å². The van der Waals surface area contributed by atoms with Gasteiger partial charge in [0.1, 0.15) is 12.6 Å². The molecule has 8 heteroatoms. The third kappa shape index (κ3) is 8.17. The zero-order chi connectivity index (χ0) is 28.4. The molecule has 0 heterocycles. The van der Waals surface area contributed by atoms with Crippen LogP contribution in [-0.2, 0) is 26.0 Å². The molecule has 1 N–H and O–H groups in total. The van der Waals surface area contributed by atoms with Crippen LogP contribution in [-0.4, -0.2) is 50.8 Å². The number of amides is 2. The number of benzene rings is 3. The molecule has 0 radical (unpaired) electrons. The summed E-state index contributed by atoms with van der Waals surface area (Å²) in [6.07, 6.45) is 2.31. The van der Waals surface area contributed by atoms with E-state index in [1.54, 1.807) is 43.3 Å². The Morgan fingerprint density at radius 1 is 0.872 bits per heavy atom. The molecule has 0 unspecified atom stereocenters. The van der Waals surface area contributed by atoms with Gasteiger partial charge in [-0.3, -0.25) is 13.9 Å². The summed E-state index contributed by atoms with van der Waals surface area (Å²) in [5.41, 5.74) is 3.32. The van der Waals surface area contributed by atoms with Crippen LogP contribution in [0.3, 0.4) is 0 Å². The Labute approximate surface area is 232 Å². The predicted molar refractivity (Wildman–Crippen MR) is 156 cm³/mol. The number of anilines is 1. The monoisotopic (exact) mass is 549 g/mol. The average Bonchev–Trinajstić information content (AvgIpc) is 2.93. The second-order valence-electron chi connectivity index (χ2n) is 9.80. The van der Waals surface area contributed by atoms with Crippen molar-refractivity contribution in [1.82, 2.24) is 10.2 Å². The van der Waals surface area contributed by atoms with Gasteiger partial charge in [0, 0.05) is 13.1 Å². The first-order valence-electron chi connectivity index (χ1n) is 13.4. The van der Waals surface area contributed by atoms with Crippen molar-refractivity contribution >= 4 is 27.5 Å². The van der Waals surface area contributed by atoms with Gasteiger partial charge >= 0.3 is 0 Å². The van der Waals surface area contributed by atoms with Crippen LogP contribution in [0.4, 0.5) is 5.69 Å². The summed E-state index contributed by atoms with van der Waals surface area (Å²) in [5, 5.41) is 2.90. The Bertz CT molecular complexity index is 1320. The number of rotatable bonds is 13. The molecular formula is C31H39N3O4S. The molecule has 7 nitrogen and oxygen atoms in total. The number of nitrogens with zero attached hydrogens (tertiary/aromatic N) is 2. The molecule has 3 rings (SSSR count). The minimum atomic E-state index is -4.06. The highest BCUT2D eigenvalue weighted by Crippen LogP contribution is 2.25. The molecule has 0 spiro atoms. The predicted octanol–water partition coefficient (Wildman–Crippen LogP) is 4.87. The largest absolute Gasteiger partial charge is 0.354 e. The molecule has 3 aromatic rings. The molecule has 0 saturated carbocycles. The van der Waals surface area contributed by atoms with E-state index in [-0.39, 0.29) is 17.3 Å². The maximum atomic E-state index is 13.9. The molecule has 0 aliphatic rings. The second kappa shape index (κ2) is 13.9. The average molecular weight is 550 g/mol. The first-order valence-corrected chi connectivity index (χ1v) is 14.8. The summed E-state index contributed by atoms with van der Waals surface area (Å²) in [5.74, 6) is -0.700. The number of carbonyl (C=O) groups excluding carboxylic acids is 2. The topological polar surface area (TPSA) is 86.8 Å². The van der Waals surface area contributed by atoms with Crippen molar-refractivity contribution in [3.8, 4) is 0 Å². The lowest BCUT2D eigenvalue weighted by atomic mass is 10.1. The molecule has 0 bridgehead atoms. The van der Waals surface area contributed by atoms with E-state index in [1.807, 2.05) is 63.2 Å². The lowest BCUT2D eigenvalue weighted by molar-refractivity contribution is -0.138. The Morgan fingerprint density at radius 3 is 2.05 bits per heavy atom. The van der Waals surface area contributed by atoms with E-state index in [9.17, 15) is 18.0 Å². The zero-order valence-corrected chi connectivity index (χ0v) is 24.1. The van der Waals surface area contributed by atoms with Gasteiger partial charge in [0.25, 0.3) is 10.0 Å². The summed E-state index contributed by atoms with van der Waals surface area (Å²) in [7, 11) is -4.06. The van der Waals surface area contributed by atoms with Gasteiger partial charge in [-0.2, -0.15) is 0 Å². The maximum absolute atomic E-state index is 13.9. The molecule has 0 fully saturated rings. The smallest absolute Gasteiger partial charge is 0.264 e. The van der Waals surface area contributed by atoms with Crippen molar-refractivity contribution in [2.75, 3.05) is 23.9 Å². The Morgan fingerprint density at radius 2 is 1.46 bits per heavy atom. The molecule has 0 aromatic heterocycles. The summed E-state index contributed by atoms with van der Waals surface area (Å²) < 4.78 is 28.8. The van der Waals surface area contributed by atoms with Crippen molar-refractivity contribution in [2.24, 2.45) is 0 Å². The summed E-state index contributed by atoms with van der Waals surface area (Å²) in [6.45, 7) is 7.90. The van der Waals surface area contributed by atoms with E-state index < -0.39 is 28.5 Å². The van der Waals surface area contributed by atoms with Crippen LogP contribution >= 0.6 is 0 Å². The van der Waals surface area contributed by atoms with E-state index in [0.717, 1.165) is 33.8 Å². The molecule has 0 aliphatic heterocycles. The van der Waals surface area contributed by atoms with Crippen molar-refractivity contribution in [3.05, 3.63) is 95.6 Å². The third-order valence-corrected chi connectivity index (χ3v) is 8.48. The van der Waals surface area contributed by atoms with Crippen LogP contribution in [0.2, 0.25) is 0 Å². The molecule has 0 saturated heterocycles. The van der Waals surface area contributed by atoms with E-state index in [0.29, 0.717) is 18.7 Å². The normalized spacial score (nSPS) is 12.0. The number of carbonyl (C=O) groups is 2. The van der Waals surface area contributed by atoms with E-state index in [2.05, 4.69) is 5.32 Å². The standard InChI is InChI=1S/C31H39N3O4S/c1-5-6-21-32-31(36)26(4)33(22-20-27-10-8-7-9-11-27)30(35)23-34(28-16-12-24(2)13-17-28)39(37,38)29-18-14-25(3)15-19-29/h7-19,26H,5-6,20-23H2,1-4H3,(H,32,36)/t26-/m1/s1. The first kappa shape index (κ1) is 29.9. The number of hydrogen-bond donors (Lipinski definition) is 1. The van der Waals surface area contributed by atoms with Gasteiger partial charge in [0.15, 0.2) is 0 Å². The number of unbranched alkanes of at least 4 members (excludes halogenated alkanes) is 1. The maximum Gasteiger partial charge on any atom is 0.264 e. The fourth-order valence-corrected chi connectivity index (χ4v) is 5.60. The molecule has 0 aliphatic carbocycles. The van der Waals surface area contributed by atoms with Crippen LogP contribution in [0.25, 0.3) is 0 Å². The van der Waals surface area contributed by atoms with Gasteiger partial charge < -0.3 is 10.2 Å². The van der Waals surface area contributed by atoms with E-state index in [1.165, 1.54) is 4.90 Å². The minimum absolute atomic E-state index is 0.0997. The molecule has 3 aromatic carbocycles. The molecule has 208 valence electrons.